The van der Waals surface area contributed by atoms with Crippen molar-refractivity contribution >= 4 is 23.3 Å². The van der Waals surface area contributed by atoms with E-state index in [1.54, 1.807) is 25.7 Å². The molecule has 2 N–H and O–H groups in total. The lowest BCUT2D eigenvalue weighted by Gasteiger charge is -2.37. The van der Waals surface area contributed by atoms with Crippen LogP contribution in [0, 0.1) is 10.1 Å². The molecule has 1 heterocycles. The molecule has 9 heteroatoms. The molecule has 1 atom stereocenters. The molecule has 0 bridgehead atoms. The van der Waals surface area contributed by atoms with Crippen molar-refractivity contribution in [2.75, 3.05) is 24.5 Å². The SMILES string of the molecule is CC(C)(C)OC(=O)C1CNCCN1c1ccc(C(=O)O)cc1[N+](=O)[O-]. The van der Waals surface area contributed by atoms with Gasteiger partial charge in [0, 0.05) is 25.7 Å². The molecule has 1 aromatic carbocycles. The molecule has 0 amide bonds. The molecule has 1 saturated heterocycles. The largest absolute Gasteiger partial charge is 0.478 e. The van der Waals surface area contributed by atoms with Crippen molar-refractivity contribution in [2.24, 2.45) is 0 Å². The number of nitrogens with one attached hydrogen (secondary N) is 1. The molecular weight excluding hydrogens is 330 g/mol. The lowest BCUT2D eigenvalue weighted by atomic mass is 10.1. The number of carbonyl (C=O) groups is 2. The van der Waals surface area contributed by atoms with Crippen LogP contribution in [0.15, 0.2) is 18.2 Å². The number of anilines is 1. The van der Waals surface area contributed by atoms with Crippen LogP contribution in [0.1, 0.15) is 31.1 Å². The summed E-state index contributed by atoms with van der Waals surface area (Å²) in [6.45, 7) is 6.42. The number of carbonyl (C=O) groups excluding carboxylic acids is 1. The molecule has 9 nitrogen and oxygen atoms in total. The number of ether oxygens (including phenoxy) is 1. The Labute approximate surface area is 144 Å². The molecule has 1 aliphatic heterocycles. The summed E-state index contributed by atoms with van der Waals surface area (Å²) < 4.78 is 5.41. The van der Waals surface area contributed by atoms with Crippen LogP contribution in [-0.4, -0.2) is 53.2 Å². The van der Waals surface area contributed by atoms with Gasteiger partial charge >= 0.3 is 11.9 Å². The van der Waals surface area contributed by atoms with Gasteiger partial charge < -0.3 is 20.1 Å². The number of hydrogen-bond acceptors (Lipinski definition) is 7. The summed E-state index contributed by atoms with van der Waals surface area (Å²) in [6, 6.07) is 2.93. The number of carboxylic acids is 1. The highest BCUT2D eigenvalue weighted by atomic mass is 16.6. The number of nitro benzene ring substituents is 1. The van der Waals surface area contributed by atoms with Crippen LogP contribution in [0.5, 0.6) is 0 Å². The molecule has 1 fully saturated rings. The van der Waals surface area contributed by atoms with Crippen LogP contribution in [-0.2, 0) is 9.53 Å². The lowest BCUT2D eigenvalue weighted by Crippen LogP contribution is -2.56. The Hall–Kier alpha value is -2.68. The van der Waals surface area contributed by atoms with E-state index in [0.29, 0.717) is 13.1 Å². The minimum absolute atomic E-state index is 0.181. The summed E-state index contributed by atoms with van der Waals surface area (Å²) in [5.74, 6) is -1.74. The van der Waals surface area contributed by atoms with E-state index >= 15 is 0 Å². The van der Waals surface area contributed by atoms with Gasteiger partial charge in [0.1, 0.15) is 17.3 Å². The molecule has 0 saturated carbocycles. The molecule has 2 rings (SSSR count). The average molecular weight is 351 g/mol. The van der Waals surface area contributed by atoms with E-state index in [1.807, 2.05) is 0 Å². The fourth-order valence-corrected chi connectivity index (χ4v) is 2.62. The van der Waals surface area contributed by atoms with Gasteiger partial charge in [-0.3, -0.25) is 10.1 Å². The average Bonchev–Trinajstić information content (AvgIpc) is 2.52. The van der Waals surface area contributed by atoms with Crippen LogP contribution < -0.4 is 10.2 Å². The van der Waals surface area contributed by atoms with Crippen LogP contribution in [0.3, 0.4) is 0 Å². The topological polar surface area (TPSA) is 122 Å². The van der Waals surface area contributed by atoms with Crippen molar-refractivity contribution in [1.82, 2.24) is 5.32 Å². The summed E-state index contributed by atoms with van der Waals surface area (Å²) >= 11 is 0. The van der Waals surface area contributed by atoms with Crippen LogP contribution in [0.25, 0.3) is 0 Å². The molecule has 0 aromatic heterocycles. The molecule has 1 aromatic rings. The first kappa shape index (κ1) is 18.7. The van der Waals surface area contributed by atoms with Gasteiger partial charge in [-0.15, -0.1) is 0 Å². The fraction of sp³-hybridized carbons (Fsp3) is 0.500. The Kier molecular flexibility index (Phi) is 5.27. The van der Waals surface area contributed by atoms with Crippen LogP contribution >= 0.6 is 0 Å². The highest BCUT2D eigenvalue weighted by molar-refractivity contribution is 5.90. The van der Waals surface area contributed by atoms with Gasteiger partial charge in [-0.05, 0) is 32.9 Å². The summed E-state index contributed by atoms with van der Waals surface area (Å²) in [4.78, 5) is 35.9. The quantitative estimate of drug-likeness (QED) is 0.474. The molecule has 0 aliphatic carbocycles. The van der Waals surface area contributed by atoms with Crippen molar-refractivity contribution in [3.8, 4) is 0 Å². The van der Waals surface area contributed by atoms with Crippen LogP contribution in [0.2, 0.25) is 0 Å². The van der Waals surface area contributed by atoms with E-state index in [1.165, 1.54) is 12.1 Å². The first-order valence-electron chi connectivity index (χ1n) is 7.82. The Morgan fingerprint density at radius 3 is 2.64 bits per heavy atom. The highest BCUT2D eigenvalue weighted by Gasteiger charge is 2.35. The third-order valence-electron chi connectivity index (χ3n) is 3.65. The molecule has 136 valence electrons. The Bertz CT molecular complexity index is 698. The predicted octanol–water partition coefficient (Wildman–Crippen LogP) is 1.41. The number of hydrogen-bond donors (Lipinski definition) is 2. The van der Waals surface area contributed by atoms with E-state index in [0.717, 1.165) is 6.07 Å². The van der Waals surface area contributed by atoms with Gasteiger partial charge in [-0.25, -0.2) is 9.59 Å². The summed E-state index contributed by atoms with van der Waals surface area (Å²) in [5.41, 5.74) is -1.01. The highest BCUT2D eigenvalue weighted by Crippen LogP contribution is 2.32. The Morgan fingerprint density at radius 2 is 2.08 bits per heavy atom. The number of nitro groups is 1. The van der Waals surface area contributed by atoms with E-state index in [9.17, 15) is 19.7 Å². The van der Waals surface area contributed by atoms with Gasteiger partial charge in [0.15, 0.2) is 0 Å². The van der Waals surface area contributed by atoms with Gasteiger partial charge in [-0.1, -0.05) is 0 Å². The minimum Gasteiger partial charge on any atom is -0.478 e. The number of benzene rings is 1. The number of nitrogens with zero attached hydrogens (tertiary/aromatic N) is 2. The molecule has 0 spiro atoms. The van der Waals surface area contributed by atoms with Crippen LogP contribution in [0.4, 0.5) is 11.4 Å². The standard InChI is InChI=1S/C16H21N3O6/c1-16(2,3)25-15(22)13-9-17-6-7-18(13)11-5-4-10(14(20)21)8-12(11)19(23)24/h4-5,8,13,17H,6-7,9H2,1-3H3,(H,20,21). The first-order chi connectivity index (χ1) is 11.6. The lowest BCUT2D eigenvalue weighted by molar-refractivity contribution is -0.384. The second kappa shape index (κ2) is 7.06. The first-order valence-corrected chi connectivity index (χ1v) is 7.82. The van der Waals surface area contributed by atoms with Gasteiger partial charge in [0.05, 0.1) is 10.5 Å². The van der Waals surface area contributed by atoms with Crippen molar-refractivity contribution in [3.05, 3.63) is 33.9 Å². The number of carboxylic acid groups (broad SMARTS) is 1. The maximum absolute atomic E-state index is 12.5. The molecular formula is C16H21N3O6. The van der Waals surface area contributed by atoms with Gasteiger partial charge in [0.25, 0.3) is 5.69 Å². The van der Waals surface area contributed by atoms with Gasteiger partial charge in [-0.2, -0.15) is 0 Å². The zero-order valence-electron chi connectivity index (χ0n) is 14.3. The number of piperazine rings is 1. The summed E-state index contributed by atoms with van der Waals surface area (Å²) in [5, 5.41) is 23.5. The van der Waals surface area contributed by atoms with Gasteiger partial charge in [0.2, 0.25) is 0 Å². The normalized spacial score (nSPS) is 17.9. The smallest absolute Gasteiger partial charge is 0.335 e. The van der Waals surface area contributed by atoms with Crippen molar-refractivity contribution in [2.45, 2.75) is 32.4 Å². The number of rotatable bonds is 4. The van der Waals surface area contributed by atoms with E-state index in [4.69, 9.17) is 9.84 Å². The van der Waals surface area contributed by atoms with Crippen molar-refractivity contribution in [1.29, 1.82) is 0 Å². The maximum atomic E-state index is 12.5. The van der Waals surface area contributed by atoms with E-state index in [-0.39, 0.29) is 23.5 Å². The third kappa shape index (κ3) is 4.44. The second-order valence-corrected chi connectivity index (χ2v) is 6.71. The number of esters is 1. The Morgan fingerprint density at radius 1 is 1.40 bits per heavy atom. The summed E-state index contributed by atoms with van der Waals surface area (Å²) in [6.07, 6.45) is 0. The van der Waals surface area contributed by atoms with E-state index < -0.39 is 28.5 Å². The number of aromatic carboxylic acids is 1. The second-order valence-electron chi connectivity index (χ2n) is 6.71. The van der Waals surface area contributed by atoms with Crippen molar-refractivity contribution in [3.63, 3.8) is 0 Å². The third-order valence-corrected chi connectivity index (χ3v) is 3.65. The molecule has 1 unspecified atom stereocenters. The monoisotopic (exact) mass is 351 g/mol. The predicted molar refractivity (Wildman–Crippen MR) is 89.9 cm³/mol. The zero-order valence-corrected chi connectivity index (χ0v) is 14.3. The van der Waals surface area contributed by atoms with E-state index in [2.05, 4.69) is 5.32 Å². The van der Waals surface area contributed by atoms with Crippen molar-refractivity contribution < 1.29 is 24.4 Å². The maximum Gasteiger partial charge on any atom is 0.335 e. The minimum atomic E-state index is -1.25. The zero-order chi connectivity index (χ0) is 18.8. The molecule has 0 radical (unpaired) electrons. The fourth-order valence-electron chi connectivity index (χ4n) is 2.62. The molecule has 1 aliphatic rings. The Balaban J connectivity index is 2.41. The molecule has 25 heavy (non-hydrogen) atoms. The summed E-state index contributed by atoms with van der Waals surface area (Å²) in [7, 11) is 0.